The minimum Gasteiger partial charge on any atom is -0.495 e. The molecule has 5 nitrogen and oxygen atoms in total. The second-order valence-corrected chi connectivity index (χ2v) is 7.86. The van der Waals surface area contributed by atoms with Crippen molar-refractivity contribution in [2.45, 2.75) is 38.5 Å². The van der Waals surface area contributed by atoms with Crippen molar-refractivity contribution in [3.05, 3.63) is 46.5 Å². The van der Waals surface area contributed by atoms with Gasteiger partial charge in [-0.05, 0) is 49.4 Å². The highest BCUT2D eigenvalue weighted by atomic mass is 32.1. The summed E-state index contributed by atoms with van der Waals surface area (Å²) in [5, 5.41) is 3.80. The Hall–Kier alpha value is -2.60. The molecule has 1 amide bonds. The zero-order chi connectivity index (χ0) is 18.8. The molecular formula is C21H23N3O2S. The van der Waals surface area contributed by atoms with E-state index in [4.69, 9.17) is 15.5 Å². The number of nitrogens with one attached hydrogen (secondary N) is 1. The molecule has 2 heterocycles. The van der Waals surface area contributed by atoms with Crippen LogP contribution in [0.25, 0.3) is 10.2 Å². The number of benzene rings is 1. The number of aryl methyl sites for hydroxylation is 2. The summed E-state index contributed by atoms with van der Waals surface area (Å²) in [6.45, 7) is 0. The Bertz CT molecular complexity index is 997. The molecule has 2 aromatic heterocycles. The van der Waals surface area contributed by atoms with E-state index in [0.717, 1.165) is 23.1 Å². The van der Waals surface area contributed by atoms with E-state index in [1.54, 1.807) is 7.11 Å². The highest BCUT2D eigenvalue weighted by molar-refractivity contribution is 7.21. The second kappa shape index (κ2) is 7.56. The van der Waals surface area contributed by atoms with Crippen molar-refractivity contribution in [2.24, 2.45) is 0 Å². The van der Waals surface area contributed by atoms with E-state index in [1.165, 1.54) is 48.3 Å². The lowest BCUT2D eigenvalue weighted by atomic mass is 9.96. The van der Waals surface area contributed by atoms with Crippen molar-refractivity contribution in [3.63, 3.8) is 0 Å². The summed E-state index contributed by atoms with van der Waals surface area (Å²) >= 11 is 1.36. The van der Waals surface area contributed by atoms with E-state index in [1.807, 2.05) is 24.3 Å². The van der Waals surface area contributed by atoms with Crippen LogP contribution in [0.4, 0.5) is 11.4 Å². The molecule has 1 aliphatic carbocycles. The average molecular weight is 382 g/mol. The lowest BCUT2D eigenvalue weighted by molar-refractivity contribution is 0.103. The Morgan fingerprint density at radius 3 is 2.78 bits per heavy atom. The Morgan fingerprint density at radius 1 is 1.19 bits per heavy atom. The normalized spacial score (nSPS) is 14.3. The van der Waals surface area contributed by atoms with Crippen LogP contribution in [-0.4, -0.2) is 18.0 Å². The number of anilines is 2. The number of methoxy groups -OCH3 is 1. The fourth-order valence-electron chi connectivity index (χ4n) is 3.61. The van der Waals surface area contributed by atoms with Crippen LogP contribution >= 0.6 is 11.3 Å². The molecule has 1 aromatic carbocycles. The molecule has 1 aliphatic rings. The maximum atomic E-state index is 12.8. The van der Waals surface area contributed by atoms with Crippen LogP contribution in [0.2, 0.25) is 0 Å². The standard InChI is InChI=1S/C21H23N3O2S/c1-26-17-11-7-6-10-16(17)23-20(25)19-18(22)14-12-13-8-4-2-3-5-9-15(13)24-21(14)27-19/h6-7,10-12H,2-5,8-9,22H2,1H3,(H,23,25). The Labute approximate surface area is 162 Å². The number of rotatable bonds is 3. The van der Waals surface area contributed by atoms with Gasteiger partial charge in [-0.1, -0.05) is 25.0 Å². The molecule has 0 spiro atoms. The van der Waals surface area contributed by atoms with Crippen LogP contribution in [0.15, 0.2) is 30.3 Å². The number of nitrogens with zero attached hydrogens (tertiary/aromatic N) is 1. The van der Waals surface area contributed by atoms with Crippen molar-refractivity contribution in [3.8, 4) is 5.75 Å². The Balaban J connectivity index is 1.69. The molecule has 6 heteroatoms. The number of fused-ring (bicyclic) bond motifs is 2. The second-order valence-electron chi connectivity index (χ2n) is 6.86. The minimum absolute atomic E-state index is 0.229. The first-order valence-electron chi connectivity index (χ1n) is 9.32. The number of hydrogen-bond donors (Lipinski definition) is 2. The van der Waals surface area contributed by atoms with Crippen molar-refractivity contribution in [1.29, 1.82) is 0 Å². The molecule has 0 bridgehead atoms. The van der Waals surface area contributed by atoms with Crippen molar-refractivity contribution >= 4 is 38.8 Å². The van der Waals surface area contributed by atoms with Gasteiger partial charge >= 0.3 is 0 Å². The molecule has 0 saturated carbocycles. The third-order valence-corrected chi connectivity index (χ3v) is 6.17. The molecule has 27 heavy (non-hydrogen) atoms. The topological polar surface area (TPSA) is 77.2 Å². The molecule has 0 saturated heterocycles. The number of pyridine rings is 1. The van der Waals surface area contributed by atoms with Gasteiger partial charge in [0.1, 0.15) is 15.5 Å². The van der Waals surface area contributed by atoms with Crippen LogP contribution in [0, 0.1) is 0 Å². The van der Waals surface area contributed by atoms with Crippen molar-refractivity contribution in [1.82, 2.24) is 4.98 Å². The molecular weight excluding hydrogens is 358 g/mol. The highest BCUT2D eigenvalue weighted by Crippen LogP contribution is 2.36. The molecule has 3 N–H and O–H groups in total. The molecule has 3 aromatic rings. The monoisotopic (exact) mass is 381 g/mol. The zero-order valence-electron chi connectivity index (χ0n) is 15.4. The maximum absolute atomic E-state index is 12.8. The van der Waals surface area contributed by atoms with Gasteiger partial charge in [0, 0.05) is 11.1 Å². The SMILES string of the molecule is COc1ccccc1NC(=O)c1sc2nc3c(cc2c1N)CCCCCC3. The largest absolute Gasteiger partial charge is 0.495 e. The predicted octanol–water partition coefficient (Wildman–Crippen LogP) is 4.80. The first-order valence-corrected chi connectivity index (χ1v) is 10.1. The van der Waals surface area contributed by atoms with Gasteiger partial charge in [-0.25, -0.2) is 4.98 Å². The van der Waals surface area contributed by atoms with Gasteiger partial charge < -0.3 is 15.8 Å². The van der Waals surface area contributed by atoms with Gasteiger partial charge in [0.05, 0.1) is 18.5 Å². The highest BCUT2D eigenvalue weighted by Gasteiger charge is 2.20. The van der Waals surface area contributed by atoms with E-state index in [0.29, 0.717) is 22.0 Å². The van der Waals surface area contributed by atoms with Crippen molar-refractivity contribution < 1.29 is 9.53 Å². The Kier molecular flexibility index (Phi) is 4.99. The average Bonchev–Trinajstić information content (AvgIpc) is 2.98. The quantitative estimate of drug-likeness (QED) is 0.683. The van der Waals surface area contributed by atoms with Crippen LogP contribution in [0.3, 0.4) is 0 Å². The van der Waals surface area contributed by atoms with Crippen LogP contribution in [-0.2, 0) is 12.8 Å². The summed E-state index contributed by atoms with van der Waals surface area (Å²) in [5.74, 6) is 0.388. The first-order chi connectivity index (χ1) is 13.2. The zero-order valence-corrected chi connectivity index (χ0v) is 16.2. The van der Waals surface area contributed by atoms with Crippen molar-refractivity contribution in [2.75, 3.05) is 18.2 Å². The van der Waals surface area contributed by atoms with Gasteiger partial charge in [-0.3, -0.25) is 4.79 Å². The van der Waals surface area contributed by atoms with E-state index >= 15 is 0 Å². The summed E-state index contributed by atoms with van der Waals surface area (Å²) < 4.78 is 5.31. The molecule has 0 fully saturated rings. The molecule has 4 rings (SSSR count). The number of hydrogen-bond acceptors (Lipinski definition) is 5. The number of thiophene rings is 1. The fourth-order valence-corrected chi connectivity index (χ4v) is 4.60. The van der Waals surface area contributed by atoms with Gasteiger partial charge in [-0.15, -0.1) is 11.3 Å². The number of amides is 1. The Morgan fingerprint density at radius 2 is 1.96 bits per heavy atom. The van der Waals surface area contributed by atoms with Crippen LogP contribution in [0.5, 0.6) is 5.75 Å². The number of nitrogens with two attached hydrogens (primary N) is 1. The number of carbonyl (C=O) groups is 1. The first kappa shape index (κ1) is 17.8. The van der Waals surface area contributed by atoms with Gasteiger partial charge in [0.15, 0.2) is 0 Å². The fraction of sp³-hybridized carbons (Fsp3) is 0.333. The van der Waals surface area contributed by atoms with E-state index in [9.17, 15) is 4.79 Å². The third kappa shape index (κ3) is 3.49. The number of nitrogen functional groups attached to an aromatic ring is 1. The summed E-state index contributed by atoms with van der Waals surface area (Å²) in [7, 11) is 1.58. The van der Waals surface area contributed by atoms with E-state index < -0.39 is 0 Å². The van der Waals surface area contributed by atoms with E-state index in [-0.39, 0.29) is 5.91 Å². The maximum Gasteiger partial charge on any atom is 0.268 e. The molecule has 140 valence electrons. The van der Waals surface area contributed by atoms with E-state index in [2.05, 4.69) is 11.4 Å². The third-order valence-electron chi connectivity index (χ3n) is 5.06. The smallest absolute Gasteiger partial charge is 0.268 e. The lowest BCUT2D eigenvalue weighted by Gasteiger charge is -2.12. The predicted molar refractivity (Wildman–Crippen MR) is 111 cm³/mol. The van der Waals surface area contributed by atoms with Gasteiger partial charge in [0.25, 0.3) is 5.91 Å². The van der Waals surface area contributed by atoms with Gasteiger partial charge in [-0.2, -0.15) is 0 Å². The summed E-state index contributed by atoms with van der Waals surface area (Å²) in [6.07, 6.45) is 6.93. The van der Waals surface area contributed by atoms with Crippen LogP contribution < -0.4 is 15.8 Å². The minimum atomic E-state index is -0.229. The number of ether oxygens (including phenoxy) is 1. The molecule has 0 atom stereocenters. The summed E-state index contributed by atoms with van der Waals surface area (Å²) in [4.78, 5) is 19.0. The lowest BCUT2D eigenvalue weighted by Crippen LogP contribution is -2.12. The number of aromatic nitrogens is 1. The molecule has 0 unspecified atom stereocenters. The molecule has 0 aliphatic heterocycles. The summed E-state index contributed by atoms with van der Waals surface area (Å²) in [5.41, 5.74) is 9.93. The van der Waals surface area contributed by atoms with Crippen LogP contribution in [0.1, 0.15) is 46.6 Å². The van der Waals surface area contributed by atoms with Gasteiger partial charge in [0.2, 0.25) is 0 Å². The number of carbonyl (C=O) groups excluding carboxylic acids is 1. The molecule has 0 radical (unpaired) electrons. The number of para-hydroxylation sites is 2. The summed E-state index contributed by atoms with van der Waals surface area (Å²) in [6, 6.07) is 9.49.